The van der Waals surface area contributed by atoms with Crippen LogP contribution >= 0.6 is 0 Å². The van der Waals surface area contributed by atoms with Crippen LogP contribution in [0.15, 0.2) is 24.3 Å². The monoisotopic (exact) mass is 274 g/mol. The average Bonchev–Trinajstić information content (AvgIpc) is 2.69. The van der Waals surface area contributed by atoms with E-state index in [0.717, 1.165) is 37.9 Å². The fourth-order valence-electron chi connectivity index (χ4n) is 3.76. The van der Waals surface area contributed by atoms with Crippen molar-refractivity contribution in [1.29, 1.82) is 0 Å². The van der Waals surface area contributed by atoms with E-state index in [1.54, 1.807) is 0 Å². The summed E-state index contributed by atoms with van der Waals surface area (Å²) in [4.78, 5) is 2.61. The van der Waals surface area contributed by atoms with Crippen molar-refractivity contribution < 1.29 is 4.74 Å². The van der Waals surface area contributed by atoms with Crippen molar-refractivity contribution in [3.63, 3.8) is 0 Å². The predicted octanol–water partition coefficient (Wildman–Crippen LogP) is 2.64. The second kappa shape index (κ2) is 6.15. The van der Waals surface area contributed by atoms with Crippen molar-refractivity contribution >= 4 is 0 Å². The van der Waals surface area contributed by atoms with Gasteiger partial charge in [0.1, 0.15) is 12.4 Å². The number of rotatable bonds is 2. The molecule has 0 aromatic heterocycles. The first kappa shape index (κ1) is 13.9. The summed E-state index contributed by atoms with van der Waals surface area (Å²) in [6.07, 6.45) is 3.89. The molecule has 0 amide bonds. The normalized spacial score (nSPS) is 31.2. The second-order valence-electron chi connectivity index (χ2n) is 6.41. The summed E-state index contributed by atoms with van der Waals surface area (Å²) < 4.78 is 5.89. The minimum absolute atomic E-state index is 0.624. The molecule has 1 aliphatic heterocycles. The van der Waals surface area contributed by atoms with Crippen LogP contribution in [0.4, 0.5) is 0 Å². The van der Waals surface area contributed by atoms with E-state index >= 15 is 0 Å². The Morgan fingerprint density at radius 2 is 2.15 bits per heavy atom. The van der Waals surface area contributed by atoms with E-state index in [9.17, 15) is 0 Å². The smallest absolute Gasteiger partial charge is 0.123 e. The van der Waals surface area contributed by atoms with E-state index < -0.39 is 0 Å². The van der Waals surface area contributed by atoms with E-state index in [4.69, 9.17) is 10.5 Å². The summed E-state index contributed by atoms with van der Waals surface area (Å²) in [5.74, 6) is 2.53. The minimum atomic E-state index is 0.624. The topological polar surface area (TPSA) is 38.5 Å². The van der Waals surface area contributed by atoms with Gasteiger partial charge in [-0.3, -0.25) is 4.90 Å². The summed E-state index contributed by atoms with van der Waals surface area (Å²) >= 11 is 0. The minimum Gasteiger partial charge on any atom is -0.492 e. The Morgan fingerprint density at radius 1 is 1.30 bits per heavy atom. The fraction of sp³-hybridized carbons (Fsp3) is 0.647. The zero-order chi connectivity index (χ0) is 13.9. The molecule has 1 aromatic rings. The number of nitrogens with two attached hydrogens (primary N) is 1. The van der Waals surface area contributed by atoms with Gasteiger partial charge in [-0.25, -0.2) is 0 Å². The van der Waals surface area contributed by atoms with E-state index in [1.165, 1.54) is 24.8 Å². The van der Waals surface area contributed by atoms with E-state index in [-0.39, 0.29) is 0 Å². The molecule has 1 heterocycles. The number of hydrogen-bond donors (Lipinski definition) is 1. The zero-order valence-corrected chi connectivity index (χ0v) is 12.4. The van der Waals surface area contributed by atoms with Gasteiger partial charge in [-0.05, 0) is 37.3 Å². The van der Waals surface area contributed by atoms with Crippen molar-refractivity contribution in [2.24, 2.45) is 17.6 Å². The molecule has 3 rings (SSSR count). The summed E-state index contributed by atoms with van der Waals surface area (Å²) in [5, 5.41) is 0. The van der Waals surface area contributed by atoms with Gasteiger partial charge in [0.2, 0.25) is 0 Å². The maximum atomic E-state index is 6.02. The molecule has 2 N–H and O–H groups in total. The van der Waals surface area contributed by atoms with Gasteiger partial charge in [0.15, 0.2) is 0 Å². The molecule has 0 saturated heterocycles. The fourth-order valence-corrected chi connectivity index (χ4v) is 3.76. The number of hydrogen-bond acceptors (Lipinski definition) is 3. The number of ether oxygens (including phenoxy) is 1. The lowest BCUT2D eigenvalue weighted by molar-refractivity contribution is 0.0745. The van der Waals surface area contributed by atoms with Gasteiger partial charge >= 0.3 is 0 Å². The van der Waals surface area contributed by atoms with Crippen molar-refractivity contribution in [2.75, 3.05) is 19.7 Å². The first-order chi connectivity index (χ1) is 9.78. The van der Waals surface area contributed by atoms with Crippen LogP contribution in [0.1, 0.15) is 31.7 Å². The molecule has 3 atom stereocenters. The maximum absolute atomic E-state index is 6.02. The van der Waals surface area contributed by atoms with Crippen LogP contribution in [-0.2, 0) is 6.54 Å². The van der Waals surface area contributed by atoms with E-state index in [2.05, 4.69) is 36.1 Å². The first-order valence-corrected chi connectivity index (χ1v) is 7.92. The molecule has 1 aliphatic carbocycles. The Hall–Kier alpha value is -1.06. The highest BCUT2D eigenvalue weighted by molar-refractivity contribution is 5.33. The molecular formula is C17H26N2O. The average molecular weight is 274 g/mol. The Balaban J connectivity index is 1.79. The van der Waals surface area contributed by atoms with Crippen LogP contribution in [0.25, 0.3) is 0 Å². The Bertz CT molecular complexity index is 448. The summed E-state index contributed by atoms with van der Waals surface area (Å²) in [5.41, 5.74) is 7.34. The molecule has 1 aromatic carbocycles. The quantitative estimate of drug-likeness (QED) is 0.901. The van der Waals surface area contributed by atoms with Gasteiger partial charge in [-0.1, -0.05) is 31.5 Å². The lowest BCUT2D eigenvalue weighted by atomic mass is 9.78. The number of nitrogens with zero attached hydrogens (tertiary/aromatic N) is 1. The standard InChI is InChI=1S/C17H26N2O/c1-13-6-7-14(11-18)16(10-13)19-8-9-20-17-5-3-2-4-15(17)12-19/h2-5,13-14,16H,6-12,18H2,1H3. The van der Waals surface area contributed by atoms with E-state index in [1.807, 2.05) is 0 Å². The zero-order valence-electron chi connectivity index (χ0n) is 12.4. The molecule has 3 heteroatoms. The molecule has 3 unspecified atom stereocenters. The molecule has 110 valence electrons. The lowest BCUT2D eigenvalue weighted by Crippen LogP contribution is -2.47. The predicted molar refractivity (Wildman–Crippen MR) is 81.7 cm³/mol. The third-order valence-corrected chi connectivity index (χ3v) is 4.97. The molecule has 0 spiro atoms. The van der Waals surface area contributed by atoms with Gasteiger partial charge in [-0.2, -0.15) is 0 Å². The first-order valence-electron chi connectivity index (χ1n) is 7.92. The van der Waals surface area contributed by atoms with Gasteiger partial charge in [0, 0.05) is 24.7 Å². The van der Waals surface area contributed by atoms with Crippen molar-refractivity contribution in [1.82, 2.24) is 4.90 Å². The van der Waals surface area contributed by atoms with E-state index in [0.29, 0.717) is 12.0 Å². The van der Waals surface area contributed by atoms with Crippen LogP contribution in [0.3, 0.4) is 0 Å². The molecule has 2 aliphatic rings. The Labute approximate surface area is 122 Å². The molecular weight excluding hydrogens is 248 g/mol. The van der Waals surface area contributed by atoms with Crippen LogP contribution in [0, 0.1) is 11.8 Å². The molecule has 1 fully saturated rings. The van der Waals surface area contributed by atoms with Crippen LogP contribution in [0.5, 0.6) is 5.75 Å². The molecule has 0 radical (unpaired) electrons. The summed E-state index contributed by atoms with van der Waals surface area (Å²) in [7, 11) is 0. The number of para-hydroxylation sites is 1. The highest BCUT2D eigenvalue weighted by Gasteiger charge is 2.33. The largest absolute Gasteiger partial charge is 0.492 e. The van der Waals surface area contributed by atoms with Crippen LogP contribution < -0.4 is 10.5 Å². The molecule has 0 bridgehead atoms. The van der Waals surface area contributed by atoms with Gasteiger partial charge in [-0.15, -0.1) is 0 Å². The SMILES string of the molecule is CC1CCC(CN)C(N2CCOc3ccccc3C2)C1. The number of fused-ring (bicyclic) bond motifs is 1. The Kier molecular flexibility index (Phi) is 4.27. The second-order valence-corrected chi connectivity index (χ2v) is 6.41. The van der Waals surface area contributed by atoms with Crippen molar-refractivity contribution in [3.05, 3.63) is 29.8 Å². The molecule has 1 saturated carbocycles. The van der Waals surface area contributed by atoms with Gasteiger partial charge in [0.25, 0.3) is 0 Å². The lowest BCUT2D eigenvalue weighted by Gasteiger charge is -2.41. The van der Waals surface area contributed by atoms with Crippen molar-refractivity contribution in [2.45, 2.75) is 38.8 Å². The van der Waals surface area contributed by atoms with Crippen LogP contribution in [-0.4, -0.2) is 30.6 Å². The molecule has 3 nitrogen and oxygen atoms in total. The molecule has 20 heavy (non-hydrogen) atoms. The highest BCUT2D eigenvalue weighted by Crippen LogP contribution is 2.34. The summed E-state index contributed by atoms with van der Waals surface area (Å²) in [6.45, 7) is 6.00. The van der Waals surface area contributed by atoms with Gasteiger partial charge in [0.05, 0.1) is 0 Å². The Morgan fingerprint density at radius 3 is 3.00 bits per heavy atom. The van der Waals surface area contributed by atoms with Crippen molar-refractivity contribution in [3.8, 4) is 5.75 Å². The third-order valence-electron chi connectivity index (χ3n) is 4.97. The maximum Gasteiger partial charge on any atom is 0.123 e. The highest BCUT2D eigenvalue weighted by atomic mass is 16.5. The number of benzene rings is 1. The van der Waals surface area contributed by atoms with Gasteiger partial charge < -0.3 is 10.5 Å². The summed E-state index contributed by atoms with van der Waals surface area (Å²) in [6, 6.07) is 9.06. The van der Waals surface area contributed by atoms with Crippen LogP contribution in [0.2, 0.25) is 0 Å². The third kappa shape index (κ3) is 2.84.